The molecule has 0 aliphatic heterocycles. The minimum Gasteiger partial charge on any atom is -0.496 e. The zero-order valence-electron chi connectivity index (χ0n) is 14.5. The molecule has 0 fully saturated rings. The van der Waals surface area contributed by atoms with E-state index < -0.39 is 0 Å². The minimum atomic E-state index is -0.140. The topological polar surface area (TPSA) is 59.6 Å². The van der Waals surface area contributed by atoms with Crippen LogP contribution in [0.4, 0.5) is 4.79 Å². The van der Waals surface area contributed by atoms with Crippen LogP contribution in [0, 0.1) is 12.3 Å². The van der Waals surface area contributed by atoms with Crippen LogP contribution in [0.25, 0.3) is 0 Å². The predicted molar refractivity (Wildman–Crippen MR) is 88.8 cm³/mol. The highest BCUT2D eigenvalue weighted by Crippen LogP contribution is 2.31. The van der Waals surface area contributed by atoms with Crippen molar-refractivity contribution in [1.82, 2.24) is 10.6 Å². The molecule has 2 amide bonds. The van der Waals surface area contributed by atoms with Crippen LogP contribution in [-0.4, -0.2) is 33.3 Å². The summed E-state index contributed by atoms with van der Waals surface area (Å²) in [5.41, 5.74) is 2.10. The second-order valence-electron chi connectivity index (χ2n) is 6.51. The van der Waals surface area contributed by atoms with Crippen molar-refractivity contribution in [1.29, 1.82) is 0 Å². The summed E-state index contributed by atoms with van der Waals surface area (Å²) in [6.45, 7) is 9.40. The molecule has 1 aromatic rings. The number of carbonyl (C=O) groups is 1. The standard InChI is InChI=1S/C17H28N2O3/c1-12-14(21-5)8-7-13(15(12)22-6)9-10-18-16(20)19-11-17(2,3)4/h7-8H,9-11H2,1-6H3,(H2,18,19,20). The second-order valence-corrected chi connectivity index (χ2v) is 6.51. The van der Waals surface area contributed by atoms with E-state index in [1.807, 2.05) is 19.1 Å². The summed E-state index contributed by atoms with van der Waals surface area (Å²) in [6.07, 6.45) is 0.705. The first-order valence-corrected chi connectivity index (χ1v) is 7.50. The van der Waals surface area contributed by atoms with E-state index in [1.54, 1.807) is 14.2 Å². The molecule has 0 bridgehead atoms. The van der Waals surface area contributed by atoms with Gasteiger partial charge in [-0.2, -0.15) is 0 Å². The fraction of sp³-hybridized carbons (Fsp3) is 0.588. The number of amides is 2. The summed E-state index contributed by atoms with van der Waals surface area (Å²) in [5, 5.41) is 5.73. The number of methoxy groups -OCH3 is 2. The summed E-state index contributed by atoms with van der Waals surface area (Å²) in [6, 6.07) is 3.76. The molecule has 0 unspecified atom stereocenters. The highest BCUT2D eigenvalue weighted by Gasteiger charge is 2.13. The van der Waals surface area contributed by atoms with Gasteiger partial charge in [0.25, 0.3) is 0 Å². The molecule has 0 radical (unpaired) electrons. The molecule has 1 rings (SSSR count). The Labute approximate surface area is 133 Å². The monoisotopic (exact) mass is 308 g/mol. The van der Waals surface area contributed by atoms with Gasteiger partial charge in [0.05, 0.1) is 14.2 Å². The van der Waals surface area contributed by atoms with Gasteiger partial charge in [0.15, 0.2) is 0 Å². The molecule has 1 aromatic carbocycles. The Morgan fingerprint density at radius 2 is 1.82 bits per heavy atom. The third kappa shape index (κ3) is 5.47. The third-order valence-electron chi connectivity index (χ3n) is 3.32. The molecule has 0 aromatic heterocycles. The van der Waals surface area contributed by atoms with E-state index in [1.165, 1.54) is 0 Å². The Kier molecular flexibility index (Phi) is 6.53. The van der Waals surface area contributed by atoms with E-state index in [4.69, 9.17) is 9.47 Å². The first-order chi connectivity index (χ1) is 10.3. The van der Waals surface area contributed by atoms with Crippen molar-refractivity contribution in [3.8, 4) is 11.5 Å². The van der Waals surface area contributed by atoms with Crippen molar-refractivity contribution in [2.45, 2.75) is 34.1 Å². The van der Waals surface area contributed by atoms with E-state index in [-0.39, 0.29) is 11.4 Å². The van der Waals surface area contributed by atoms with E-state index in [0.717, 1.165) is 22.6 Å². The minimum absolute atomic E-state index is 0.0770. The van der Waals surface area contributed by atoms with Gasteiger partial charge in [-0.3, -0.25) is 0 Å². The zero-order valence-corrected chi connectivity index (χ0v) is 14.5. The van der Waals surface area contributed by atoms with Crippen LogP contribution >= 0.6 is 0 Å². The number of nitrogens with one attached hydrogen (secondary N) is 2. The van der Waals surface area contributed by atoms with Crippen molar-refractivity contribution >= 4 is 6.03 Å². The van der Waals surface area contributed by atoms with Crippen molar-refractivity contribution in [2.75, 3.05) is 27.3 Å². The van der Waals surface area contributed by atoms with Gasteiger partial charge in [-0.05, 0) is 30.4 Å². The molecule has 124 valence electrons. The Hall–Kier alpha value is -1.91. The molecule has 0 heterocycles. The van der Waals surface area contributed by atoms with Crippen molar-refractivity contribution in [3.05, 3.63) is 23.3 Å². The molecule has 5 nitrogen and oxygen atoms in total. The summed E-state index contributed by atoms with van der Waals surface area (Å²) in [5.74, 6) is 1.62. The largest absolute Gasteiger partial charge is 0.496 e. The first-order valence-electron chi connectivity index (χ1n) is 7.50. The van der Waals surface area contributed by atoms with Crippen molar-refractivity contribution in [3.63, 3.8) is 0 Å². The van der Waals surface area contributed by atoms with Crippen LogP contribution < -0.4 is 20.1 Å². The van der Waals surface area contributed by atoms with E-state index in [0.29, 0.717) is 19.5 Å². The second kappa shape index (κ2) is 7.92. The maximum absolute atomic E-state index is 11.7. The van der Waals surface area contributed by atoms with Gasteiger partial charge in [-0.25, -0.2) is 4.79 Å². The van der Waals surface area contributed by atoms with Crippen LogP contribution in [0.5, 0.6) is 11.5 Å². The van der Waals surface area contributed by atoms with Crippen LogP contribution in [-0.2, 0) is 6.42 Å². The zero-order chi connectivity index (χ0) is 16.8. The molecule has 5 heteroatoms. The van der Waals surface area contributed by atoms with Crippen molar-refractivity contribution < 1.29 is 14.3 Å². The van der Waals surface area contributed by atoms with Gasteiger partial charge in [-0.15, -0.1) is 0 Å². The Morgan fingerprint density at radius 3 is 2.36 bits per heavy atom. The van der Waals surface area contributed by atoms with Crippen LogP contribution in [0.1, 0.15) is 31.9 Å². The molecule has 2 N–H and O–H groups in total. The van der Waals surface area contributed by atoms with Gasteiger partial charge in [-0.1, -0.05) is 26.8 Å². The Balaban J connectivity index is 2.55. The van der Waals surface area contributed by atoms with Gasteiger partial charge < -0.3 is 20.1 Å². The van der Waals surface area contributed by atoms with Crippen LogP contribution in [0.15, 0.2) is 12.1 Å². The number of urea groups is 1. The number of rotatable bonds is 6. The Morgan fingerprint density at radius 1 is 1.14 bits per heavy atom. The maximum atomic E-state index is 11.7. The van der Waals surface area contributed by atoms with Crippen LogP contribution in [0.3, 0.4) is 0 Å². The smallest absolute Gasteiger partial charge is 0.314 e. The molecule has 0 saturated carbocycles. The maximum Gasteiger partial charge on any atom is 0.314 e. The Bertz CT molecular complexity index is 507. The highest BCUT2D eigenvalue weighted by atomic mass is 16.5. The molecule has 0 spiro atoms. The summed E-state index contributed by atoms with van der Waals surface area (Å²) in [7, 11) is 3.29. The molecular weight excluding hydrogens is 280 g/mol. The lowest BCUT2D eigenvalue weighted by molar-refractivity contribution is 0.235. The summed E-state index contributed by atoms with van der Waals surface area (Å²) >= 11 is 0. The fourth-order valence-corrected chi connectivity index (χ4v) is 2.15. The third-order valence-corrected chi connectivity index (χ3v) is 3.32. The summed E-state index contributed by atoms with van der Waals surface area (Å²) < 4.78 is 10.7. The number of carbonyl (C=O) groups excluding carboxylic acids is 1. The first kappa shape index (κ1) is 18.1. The SMILES string of the molecule is COc1ccc(CCNC(=O)NCC(C)(C)C)c(OC)c1C. The molecule has 0 atom stereocenters. The molecule has 0 aliphatic carbocycles. The number of hydrogen-bond acceptors (Lipinski definition) is 3. The molecule has 0 saturated heterocycles. The van der Waals surface area contributed by atoms with E-state index >= 15 is 0 Å². The normalized spacial score (nSPS) is 11.0. The summed E-state index contributed by atoms with van der Waals surface area (Å²) in [4.78, 5) is 11.7. The average Bonchev–Trinajstić information content (AvgIpc) is 2.45. The molecular formula is C17H28N2O3. The highest BCUT2D eigenvalue weighted by molar-refractivity contribution is 5.73. The van der Waals surface area contributed by atoms with E-state index in [2.05, 4.69) is 31.4 Å². The van der Waals surface area contributed by atoms with Gasteiger partial charge >= 0.3 is 6.03 Å². The quantitative estimate of drug-likeness (QED) is 0.849. The number of ether oxygens (including phenoxy) is 2. The van der Waals surface area contributed by atoms with Crippen LogP contribution in [0.2, 0.25) is 0 Å². The lowest BCUT2D eigenvalue weighted by Crippen LogP contribution is -2.40. The number of benzene rings is 1. The molecule has 22 heavy (non-hydrogen) atoms. The lowest BCUT2D eigenvalue weighted by atomic mass is 9.97. The average molecular weight is 308 g/mol. The fourth-order valence-electron chi connectivity index (χ4n) is 2.15. The lowest BCUT2D eigenvalue weighted by Gasteiger charge is -2.19. The molecule has 0 aliphatic rings. The number of hydrogen-bond donors (Lipinski definition) is 2. The van der Waals surface area contributed by atoms with Crippen molar-refractivity contribution in [2.24, 2.45) is 5.41 Å². The van der Waals surface area contributed by atoms with Gasteiger partial charge in [0.2, 0.25) is 0 Å². The predicted octanol–water partition coefficient (Wildman–Crippen LogP) is 2.90. The van der Waals surface area contributed by atoms with E-state index in [9.17, 15) is 4.79 Å². The van der Waals surface area contributed by atoms with Gasteiger partial charge in [0.1, 0.15) is 11.5 Å². The van der Waals surface area contributed by atoms with Gasteiger partial charge in [0, 0.05) is 18.7 Å².